The summed E-state index contributed by atoms with van der Waals surface area (Å²) in [6.45, 7) is 6.92. The van der Waals surface area contributed by atoms with Crippen molar-refractivity contribution in [2.24, 2.45) is 5.92 Å². The number of nitrogens with one attached hydrogen (secondary N) is 1. The smallest absolute Gasteiger partial charge is 0.00961 e. The molecule has 1 aliphatic rings. The molecular weight excluding hydrogens is 249 g/mol. The molecule has 0 spiro atoms. The molecule has 0 saturated carbocycles. The van der Waals surface area contributed by atoms with E-state index in [0.717, 1.165) is 21.9 Å². The first-order chi connectivity index (χ1) is 5.09. The Bertz CT molecular complexity index is 112. The molecule has 0 aromatic carbocycles. The van der Waals surface area contributed by atoms with Crippen molar-refractivity contribution in [1.82, 2.24) is 5.32 Å². The van der Waals surface area contributed by atoms with Crippen LogP contribution in [0.5, 0.6) is 0 Å². The fourth-order valence-corrected chi connectivity index (χ4v) is 2.43. The van der Waals surface area contributed by atoms with Gasteiger partial charge in [-0.25, -0.2) is 0 Å². The zero-order valence-corrected chi connectivity index (χ0v) is 9.76. The third-order valence-electron chi connectivity index (χ3n) is 2.62. The van der Waals surface area contributed by atoms with Crippen LogP contribution in [0.2, 0.25) is 0 Å². The van der Waals surface area contributed by atoms with E-state index in [1.807, 2.05) is 0 Å². The highest BCUT2D eigenvalue weighted by atomic mass is 127. The summed E-state index contributed by atoms with van der Waals surface area (Å²) >= 11 is 2.51. The third-order valence-corrected chi connectivity index (χ3v) is 3.13. The van der Waals surface area contributed by atoms with Gasteiger partial charge in [-0.15, -0.1) is 0 Å². The average Bonchev–Trinajstić information content (AvgIpc) is 2.10. The summed E-state index contributed by atoms with van der Waals surface area (Å²) in [6, 6.07) is 1.52. The molecule has 1 saturated heterocycles. The van der Waals surface area contributed by atoms with E-state index in [9.17, 15) is 0 Å². The van der Waals surface area contributed by atoms with Gasteiger partial charge in [0.15, 0.2) is 0 Å². The van der Waals surface area contributed by atoms with Crippen molar-refractivity contribution in [3.05, 3.63) is 0 Å². The van der Waals surface area contributed by atoms with E-state index in [1.165, 1.54) is 12.8 Å². The second kappa shape index (κ2) is 4.08. The monoisotopic (exact) mass is 267 g/mol. The zero-order chi connectivity index (χ0) is 8.43. The Morgan fingerprint density at radius 3 is 2.55 bits per heavy atom. The minimum atomic E-state index is 0.732. The maximum absolute atomic E-state index is 3.63. The van der Waals surface area contributed by atoms with Crippen LogP contribution in [0, 0.1) is 5.92 Å². The second-order valence-electron chi connectivity index (χ2n) is 3.88. The van der Waals surface area contributed by atoms with E-state index in [0.29, 0.717) is 0 Å². The topological polar surface area (TPSA) is 12.0 Å². The van der Waals surface area contributed by atoms with Crippen molar-refractivity contribution in [2.45, 2.75) is 49.6 Å². The van der Waals surface area contributed by atoms with Crippen molar-refractivity contribution in [2.75, 3.05) is 0 Å². The van der Waals surface area contributed by atoms with Gasteiger partial charge < -0.3 is 5.32 Å². The first-order valence-electron chi connectivity index (χ1n) is 4.49. The first-order valence-corrected chi connectivity index (χ1v) is 5.74. The summed E-state index contributed by atoms with van der Waals surface area (Å²) in [7, 11) is 0. The number of halogens is 1. The van der Waals surface area contributed by atoms with Gasteiger partial charge in [-0.2, -0.15) is 0 Å². The number of hydrogen-bond donors (Lipinski definition) is 1. The molecule has 0 radical (unpaired) electrons. The van der Waals surface area contributed by atoms with Crippen molar-refractivity contribution in [1.29, 1.82) is 0 Å². The lowest BCUT2D eigenvalue weighted by Crippen LogP contribution is -2.29. The quantitative estimate of drug-likeness (QED) is 0.599. The van der Waals surface area contributed by atoms with E-state index in [-0.39, 0.29) is 0 Å². The summed E-state index contributed by atoms with van der Waals surface area (Å²) in [4.78, 5) is 0. The van der Waals surface area contributed by atoms with E-state index in [4.69, 9.17) is 0 Å². The van der Waals surface area contributed by atoms with Gasteiger partial charge in [-0.3, -0.25) is 0 Å². The Hall–Kier alpha value is 0.690. The largest absolute Gasteiger partial charge is 0.311 e. The molecule has 66 valence electrons. The second-order valence-corrected chi connectivity index (χ2v) is 6.01. The zero-order valence-electron chi connectivity index (χ0n) is 7.60. The molecule has 1 aliphatic heterocycles. The molecule has 0 amide bonds. The molecule has 3 unspecified atom stereocenters. The predicted octanol–water partition coefficient (Wildman–Crippen LogP) is 2.59. The van der Waals surface area contributed by atoms with Crippen LogP contribution in [0.4, 0.5) is 0 Å². The average molecular weight is 267 g/mol. The van der Waals surface area contributed by atoms with Crippen LogP contribution >= 0.6 is 22.6 Å². The molecule has 2 heteroatoms. The highest BCUT2D eigenvalue weighted by Gasteiger charge is 2.27. The van der Waals surface area contributed by atoms with E-state index >= 15 is 0 Å². The van der Waals surface area contributed by atoms with Crippen LogP contribution in [0.1, 0.15) is 33.6 Å². The fourth-order valence-electron chi connectivity index (χ4n) is 1.81. The van der Waals surface area contributed by atoms with Crippen LogP contribution in [0.25, 0.3) is 0 Å². The van der Waals surface area contributed by atoms with Gasteiger partial charge in [0.05, 0.1) is 0 Å². The molecule has 0 bridgehead atoms. The lowest BCUT2D eigenvalue weighted by atomic mass is 10.0. The van der Waals surface area contributed by atoms with Crippen molar-refractivity contribution in [3.63, 3.8) is 0 Å². The lowest BCUT2D eigenvalue weighted by molar-refractivity contribution is 0.513. The molecule has 1 nitrogen and oxygen atoms in total. The SMILES string of the molecule is CC(I)C[C@@H]1CC(C)C(C)N1. The molecule has 0 aromatic rings. The molecule has 1 fully saturated rings. The lowest BCUT2D eigenvalue weighted by Gasteiger charge is -2.12. The minimum Gasteiger partial charge on any atom is -0.311 e. The summed E-state index contributed by atoms with van der Waals surface area (Å²) in [6.07, 6.45) is 2.70. The van der Waals surface area contributed by atoms with Crippen LogP contribution in [0.3, 0.4) is 0 Å². The Balaban J connectivity index is 2.29. The van der Waals surface area contributed by atoms with Crippen molar-refractivity contribution in [3.8, 4) is 0 Å². The van der Waals surface area contributed by atoms with Gasteiger partial charge in [-0.1, -0.05) is 36.4 Å². The van der Waals surface area contributed by atoms with Gasteiger partial charge in [0.2, 0.25) is 0 Å². The molecule has 1 N–H and O–H groups in total. The maximum Gasteiger partial charge on any atom is 0.00961 e. The maximum atomic E-state index is 3.63. The van der Waals surface area contributed by atoms with E-state index in [1.54, 1.807) is 0 Å². The van der Waals surface area contributed by atoms with Gasteiger partial charge in [0.1, 0.15) is 0 Å². The van der Waals surface area contributed by atoms with Gasteiger partial charge >= 0.3 is 0 Å². The van der Waals surface area contributed by atoms with Gasteiger partial charge in [-0.05, 0) is 25.7 Å². The highest BCUT2D eigenvalue weighted by Crippen LogP contribution is 2.23. The van der Waals surface area contributed by atoms with Crippen LogP contribution in [0.15, 0.2) is 0 Å². The van der Waals surface area contributed by atoms with E-state index < -0.39 is 0 Å². The van der Waals surface area contributed by atoms with Crippen molar-refractivity contribution < 1.29 is 0 Å². The molecule has 1 rings (SSSR count). The Morgan fingerprint density at radius 2 is 2.18 bits per heavy atom. The molecule has 4 atom stereocenters. The van der Waals surface area contributed by atoms with Crippen LogP contribution in [-0.2, 0) is 0 Å². The summed E-state index contributed by atoms with van der Waals surface area (Å²) < 4.78 is 0.808. The number of rotatable bonds is 2. The molecular formula is C9H18IN. The standard InChI is InChI=1S/C9H18IN/c1-6-4-9(5-7(2)10)11-8(6)3/h6-9,11H,4-5H2,1-3H3/t6?,7?,8?,9-/m0/s1. The summed E-state index contributed by atoms with van der Waals surface area (Å²) in [5, 5.41) is 3.63. The molecule has 1 heterocycles. The van der Waals surface area contributed by atoms with Crippen LogP contribution < -0.4 is 5.32 Å². The van der Waals surface area contributed by atoms with Crippen LogP contribution in [-0.4, -0.2) is 16.0 Å². The van der Waals surface area contributed by atoms with Crippen molar-refractivity contribution >= 4 is 22.6 Å². The minimum absolute atomic E-state index is 0.732. The number of hydrogen-bond acceptors (Lipinski definition) is 1. The summed E-state index contributed by atoms with van der Waals surface area (Å²) in [5.74, 6) is 0.871. The highest BCUT2D eigenvalue weighted by molar-refractivity contribution is 14.1. The Morgan fingerprint density at radius 1 is 1.55 bits per heavy atom. The van der Waals surface area contributed by atoms with Gasteiger partial charge in [0, 0.05) is 16.0 Å². The third kappa shape index (κ3) is 2.90. The molecule has 0 aliphatic carbocycles. The molecule has 11 heavy (non-hydrogen) atoms. The first kappa shape index (κ1) is 9.78. The number of alkyl halides is 1. The predicted molar refractivity (Wildman–Crippen MR) is 58.3 cm³/mol. The fraction of sp³-hybridized carbons (Fsp3) is 1.00. The molecule has 0 aromatic heterocycles. The van der Waals surface area contributed by atoms with Gasteiger partial charge in [0.25, 0.3) is 0 Å². The Labute approximate surface area is 83.5 Å². The normalized spacial score (nSPS) is 40.9. The van der Waals surface area contributed by atoms with E-state index in [2.05, 4.69) is 48.7 Å². The Kier molecular flexibility index (Phi) is 3.62. The summed E-state index contributed by atoms with van der Waals surface area (Å²) in [5.41, 5.74) is 0.